The molecule has 1 aliphatic rings. The van der Waals surface area contributed by atoms with E-state index in [-0.39, 0.29) is 6.09 Å². The monoisotopic (exact) mass is 313 g/mol. The molecule has 5 heteroatoms. The molecule has 1 amide bonds. The Morgan fingerprint density at radius 3 is 2.27 bits per heavy atom. The Bertz CT molecular complexity index is 333. The molecule has 130 valence electrons. The summed E-state index contributed by atoms with van der Waals surface area (Å²) in [6, 6.07) is 0.563. The smallest absolute Gasteiger partial charge is 0.410 e. The highest BCUT2D eigenvalue weighted by molar-refractivity contribution is 5.68. The first-order valence-electron chi connectivity index (χ1n) is 8.66. The second-order valence-corrected chi connectivity index (χ2v) is 7.44. The summed E-state index contributed by atoms with van der Waals surface area (Å²) in [7, 11) is 0. The molecular weight excluding hydrogens is 278 g/mol. The average molecular weight is 313 g/mol. The normalized spacial score (nSPS) is 19.8. The van der Waals surface area contributed by atoms with Crippen molar-refractivity contribution in [3.05, 3.63) is 0 Å². The zero-order chi connectivity index (χ0) is 16.8. The summed E-state index contributed by atoms with van der Waals surface area (Å²) in [6.45, 7) is 17.9. The highest BCUT2D eigenvalue weighted by atomic mass is 16.6. The Morgan fingerprint density at radius 1 is 1.18 bits per heavy atom. The van der Waals surface area contributed by atoms with Gasteiger partial charge >= 0.3 is 6.09 Å². The largest absolute Gasteiger partial charge is 0.444 e. The summed E-state index contributed by atoms with van der Waals surface area (Å²) in [5, 5.41) is 3.60. The SMILES string of the molecule is CCC(C)C(C)NCCN1CCN(C(=O)OC(C)(C)C)CC1. The molecule has 0 aliphatic carbocycles. The van der Waals surface area contributed by atoms with Crippen molar-refractivity contribution in [2.24, 2.45) is 5.92 Å². The van der Waals surface area contributed by atoms with Gasteiger partial charge in [-0.2, -0.15) is 0 Å². The molecule has 2 atom stereocenters. The summed E-state index contributed by atoms with van der Waals surface area (Å²) < 4.78 is 5.42. The van der Waals surface area contributed by atoms with Crippen LogP contribution in [-0.4, -0.2) is 66.8 Å². The lowest BCUT2D eigenvalue weighted by Crippen LogP contribution is -2.51. The molecule has 1 aliphatic heterocycles. The average Bonchev–Trinajstić information content (AvgIpc) is 2.45. The van der Waals surface area contributed by atoms with Gasteiger partial charge in [0, 0.05) is 45.3 Å². The predicted molar refractivity (Wildman–Crippen MR) is 91.2 cm³/mol. The van der Waals surface area contributed by atoms with Crippen LogP contribution in [0.4, 0.5) is 4.79 Å². The van der Waals surface area contributed by atoms with Crippen molar-refractivity contribution in [2.75, 3.05) is 39.3 Å². The van der Waals surface area contributed by atoms with Gasteiger partial charge in [0.2, 0.25) is 0 Å². The Kier molecular flexibility index (Phi) is 7.63. The molecule has 0 bridgehead atoms. The minimum Gasteiger partial charge on any atom is -0.444 e. The van der Waals surface area contributed by atoms with Crippen molar-refractivity contribution in [1.82, 2.24) is 15.1 Å². The van der Waals surface area contributed by atoms with E-state index in [0.717, 1.165) is 39.3 Å². The molecule has 1 saturated heterocycles. The number of rotatable bonds is 6. The first-order chi connectivity index (χ1) is 10.2. The number of carbonyl (C=O) groups is 1. The summed E-state index contributed by atoms with van der Waals surface area (Å²) in [6.07, 6.45) is 1.03. The van der Waals surface area contributed by atoms with Gasteiger partial charge in [0.1, 0.15) is 5.60 Å². The van der Waals surface area contributed by atoms with Crippen LogP contribution in [0.5, 0.6) is 0 Å². The molecule has 1 rings (SSSR count). The van der Waals surface area contributed by atoms with Crippen LogP contribution in [0.25, 0.3) is 0 Å². The Labute approximate surface area is 136 Å². The number of hydrogen-bond donors (Lipinski definition) is 1. The fourth-order valence-electron chi connectivity index (χ4n) is 2.49. The van der Waals surface area contributed by atoms with Gasteiger partial charge in [0.05, 0.1) is 0 Å². The van der Waals surface area contributed by atoms with Crippen molar-refractivity contribution in [1.29, 1.82) is 0 Å². The summed E-state index contributed by atoms with van der Waals surface area (Å²) in [5.41, 5.74) is -0.412. The highest BCUT2D eigenvalue weighted by Crippen LogP contribution is 2.12. The van der Waals surface area contributed by atoms with Gasteiger partial charge in [0.25, 0.3) is 0 Å². The van der Waals surface area contributed by atoms with Crippen molar-refractivity contribution in [3.8, 4) is 0 Å². The minimum absolute atomic E-state index is 0.185. The second kappa shape index (κ2) is 8.73. The maximum atomic E-state index is 12.0. The van der Waals surface area contributed by atoms with E-state index in [1.54, 1.807) is 0 Å². The second-order valence-electron chi connectivity index (χ2n) is 7.44. The number of carbonyl (C=O) groups excluding carboxylic acids is 1. The molecule has 0 aromatic heterocycles. The van der Waals surface area contributed by atoms with Crippen LogP contribution >= 0.6 is 0 Å². The van der Waals surface area contributed by atoms with Crippen LogP contribution in [0.3, 0.4) is 0 Å². The fraction of sp³-hybridized carbons (Fsp3) is 0.941. The van der Waals surface area contributed by atoms with Gasteiger partial charge in [-0.05, 0) is 33.6 Å². The molecule has 0 spiro atoms. The molecule has 0 aromatic rings. The molecule has 2 unspecified atom stereocenters. The minimum atomic E-state index is -0.412. The summed E-state index contributed by atoms with van der Waals surface area (Å²) in [5.74, 6) is 0.712. The molecule has 0 aromatic carbocycles. The van der Waals surface area contributed by atoms with Gasteiger partial charge in [-0.25, -0.2) is 4.79 Å². The number of amides is 1. The third-order valence-corrected chi connectivity index (χ3v) is 4.42. The van der Waals surface area contributed by atoms with E-state index in [1.165, 1.54) is 6.42 Å². The van der Waals surface area contributed by atoms with E-state index in [0.29, 0.717) is 12.0 Å². The van der Waals surface area contributed by atoms with E-state index in [4.69, 9.17) is 4.74 Å². The lowest BCUT2D eigenvalue weighted by Gasteiger charge is -2.35. The van der Waals surface area contributed by atoms with E-state index in [1.807, 2.05) is 25.7 Å². The molecule has 1 N–H and O–H groups in total. The van der Waals surface area contributed by atoms with Crippen LogP contribution in [0.2, 0.25) is 0 Å². The standard InChI is InChI=1S/C17H35N3O2/c1-7-14(2)15(3)18-8-9-19-10-12-20(13-11-19)16(21)22-17(4,5)6/h14-15,18H,7-13H2,1-6H3. The number of nitrogens with one attached hydrogen (secondary N) is 1. The van der Waals surface area contributed by atoms with Crippen LogP contribution in [0, 0.1) is 5.92 Å². The van der Waals surface area contributed by atoms with Gasteiger partial charge in [-0.1, -0.05) is 20.3 Å². The van der Waals surface area contributed by atoms with Crippen LogP contribution in [-0.2, 0) is 4.74 Å². The van der Waals surface area contributed by atoms with Crippen LogP contribution in [0.1, 0.15) is 48.0 Å². The van der Waals surface area contributed by atoms with Crippen molar-refractivity contribution in [3.63, 3.8) is 0 Å². The fourth-order valence-corrected chi connectivity index (χ4v) is 2.49. The molecule has 1 fully saturated rings. The van der Waals surface area contributed by atoms with Gasteiger partial charge < -0.3 is 15.0 Å². The molecule has 0 radical (unpaired) electrons. The first-order valence-corrected chi connectivity index (χ1v) is 8.66. The highest BCUT2D eigenvalue weighted by Gasteiger charge is 2.25. The number of ether oxygens (including phenoxy) is 1. The Balaban J connectivity index is 2.21. The lowest BCUT2D eigenvalue weighted by atomic mass is 10.0. The molecular formula is C17H35N3O2. The summed E-state index contributed by atoms with van der Waals surface area (Å²) >= 11 is 0. The van der Waals surface area contributed by atoms with E-state index < -0.39 is 5.60 Å². The maximum Gasteiger partial charge on any atom is 0.410 e. The molecule has 0 saturated carbocycles. The maximum absolute atomic E-state index is 12.0. The Hall–Kier alpha value is -0.810. The van der Waals surface area contributed by atoms with Crippen LogP contribution in [0.15, 0.2) is 0 Å². The third-order valence-electron chi connectivity index (χ3n) is 4.42. The van der Waals surface area contributed by atoms with Crippen molar-refractivity contribution in [2.45, 2.75) is 59.6 Å². The third kappa shape index (κ3) is 6.97. The summed E-state index contributed by atoms with van der Waals surface area (Å²) in [4.78, 5) is 16.2. The van der Waals surface area contributed by atoms with E-state index in [2.05, 4.69) is 31.0 Å². The van der Waals surface area contributed by atoms with Crippen LogP contribution < -0.4 is 5.32 Å². The van der Waals surface area contributed by atoms with Gasteiger partial charge in [0.15, 0.2) is 0 Å². The van der Waals surface area contributed by atoms with Crippen molar-refractivity contribution < 1.29 is 9.53 Å². The Morgan fingerprint density at radius 2 is 1.77 bits per heavy atom. The molecule has 1 heterocycles. The van der Waals surface area contributed by atoms with Gasteiger partial charge in [-0.3, -0.25) is 4.90 Å². The van der Waals surface area contributed by atoms with Gasteiger partial charge in [-0.15, -0.1) is 0 Å². The zero-order valence-electron chi connectivity index (χ0n) is 15.3. The molecule has 5 nitrogen and oxygen atoms in total. The number of nitrogens with zero attached hydrogens (tertiary/aromatic N) is 2. The lowest BCUT2D eigenvalue weighted by molar-refractivity contribution is 0.0146. The number of piperazine rings is 1. The zero-order valence-corrected chi connectivity index (χ0v) is 15.3. The van der Waals surface area contributed by atoms with Crippen molar-refractivity contribution >= 4 is 6.09 Å². The predicted octanol–water partition coefficient (Wildman–Crippen LogP) is 2.56. The molecule has 22 heavy (non-hydrogen) atoms. The van der Waals surface area contributed by atoms with E-state index in [9.17, 15) is 4.79 Å². The van der Waals surface area contributed by atoms with E-state index >= 15 is 0 Å². The quantitative estimate of drug-likeness (QED) is 0.818. The number of hydrogen-bond acceptors (Lipinski definition) is 4. The first kappa shape index (κ1) is 19.2. The topological polar surface area (TPSA) is 44.8 Å².